The molecule has 0 amide bonds. The van der Waals surface area contributed by atoms with Crippen molar-refractivity contribution in [1.29, 1.82) is 0 Å². The molecule has 0 saturated heterocycles. The summed E-state index contributed by atoms with van der Waals surface area (Å²) in [5, 5.41) is 0. The van der Waals surface area contributed by atoms with E-state index in [9.17, 15) is 0 Å². The second-order valence-corrected chi connectivity index (χ2v) is 6.38. The lowest BCUT2D eigenvalue weighted by molar-refractivity contribution is -0.162. The quantitative estimate of drug-likeness (QED) is 0.504. The van der Waals surface area contributed by atoms with Gasteiger partial charge in [0.1, 0.15) is 0 Å². The molecule has 1 heteroatoms. The summed E-state index contributed by atoms with van der Waals surface area (Å²) in [6.07, 6.45) is 12.9. The predicted octanol–water partition coefficient (Wildman–Crippen LogP) is 3.94. The maximum absolute atomic E-state index is 6.30. The Hall–Kier alpha value is -0.300. The lowest BCUT2D eigenvalue weighted by atomic mass is 9.54. The highest BCUT2D eigenvalue weighted by Crippen LogP contribution is 2.57. The monoisotopic (exact) mass is 220 g/mol. The average Bonchev–Trinajstić information content (AvgIpc) is 2.22. The summed E-state index contributed by atoms with van der Waals surface area (Å²) in [7, 11) is 0. The van der Waals surface area contributed by atoms with Crippen LogP contribution in [0.3, 0.4) is 0 Å². The van der Waals surface area contributed by atoms with Crippen LogP contribution in [0.25, 0.3) is 0 Å². The van der Waals surface area contributed by atoms with Crippen molar-refractivity contribution >= 4 is 0 Å². The van der Waals surface area contributed by atoms with E-state index in [2.05, 4.69) is 6.58 Å². The van der Waals surface area contributed by atoms with Gasteiger partial charge in [-0.05, 0) is 69.1 Å². The summed E-state index contributed by atoms with van der Waals surface area (Å²) in [5.74, 6) is 3.02. The van der Waals surface area contributed by atoms with Crippen LogP contribution in [0.1, 0.15) is 51.4 Å². The molecule has 90 valence electrons. The third kappa shape index (κ3) is 1.95. The summed E-state index contributed by atoms with van der Waals surface area (Å²) in [4.78, 5) is 0. The fraction of sp³-hybridized carbons (Fsp3) is 0.867. The number of hydrogen-bond donors (Lipinski definition) is 0. The van der Waals surface area contributed by atoms with Gasteiger partial charge in [-0.1, -0.05) is 6.08 Å². The zero-order valence-electron chi connectivity index (χ0n) is 10.3. The molecular weight excluding hydrogens is 196 g/mol. The van der Waals surface area contributed by atoms with Crippen LogP contribution in [0.4, 0.5) is 0 Å². The number of ether oxygens (including phenoxy) is 1. The Bertz CT molecular complexity index is 233. The van der Waals surface area contributed by atoms with Gasteiger partial charge in [-0.15, -0.1) is 6.58 Å². The van der Waals surface area contributed by atoms with Gasteiger partial charge in [0.05, 0.1) is 5.60 Å². The Labute approximate surface area is 99.3 Å². The topological polar surface area (TPSA) is 9.23 Å². The molecule has 0 aromatic carbocycles. The molecule has 0 radical (unpaired) electrons. The summed E-state index contributed by atoms with van der Waals surface area (Å²) >= 11 is 0. The molecule has 0 spiro atoms. The maximum atomic E-state index is 6.30. The number of allylic oxidation sites excluding steroid dienone is 1. The van der Waals surface area contributed by atoms with Crippen molar-refractivity contribution < 1.29 is 4.74 Å². The van der Waals surface area contributed by atoms with Crippen LogP contribution < -0.4 is 0 Å². The minimum absolute atomic E-state index is 0.315. The van der Waals surface area contributed by atoms with Crippen LogP contribution in [0.15, 0.2) is 12.7 Å². The molecule has 4 aliphatic carbocycles. The molecule has 4 bridgehead atoms. The molecule has 0 heterocycles. The van der Waals surface area contributed by atoms with E-state index < -0.39 is 0 Å². The number of unbranched alkanes of at least 4 members (excludes halogenated alkanes) is 1. The second-order valence-electron chi connectivity index (χ2n) is 6.38. The van der Waals surface area contributed by atoms with Crippen molar-refractivity contribution in [1.82, 2.24) is 0 Å². The molecule has 1 nitrogen and oxygen atoms in total. The highest BCUT2D eigenvalue weighted by atomic mass is 16.5. The lowest BCUT2D eigenvalue weighted by Crippen LogP contribution is -2.52. The molecule has 0 aromatic heterocycles. The molecule has 0 aromatic rings. The molecule has 0 atom stereocenters. The zero-order chi connectivity index (χ0) is 11.0. The van der Waals surface area contributed by atoms with Crippen LogP contribution in [-0.2, 0) is 4.74 Å². The molecule has 0 unspecified atom stereocenters. The van der Waals surface area contributed by atoms with Gasteiger partial charge in [0.15, 0.2) is 0 Å². The van der Waals surface area contributed by atoms with Gasteiger partial charge in [0.25, 0.3) is 0 Å². The summed E-state index contributed by atoms with van der Waals surface area (Å²) in [6.45, 7) is 4.73. The van der Waals surface area contributed by atoms with E-state index in [0.29, 0.717) is 5.60 Å². The molecule has 4 saturated carbocycles. The van der Waals surface area contributed by atoms with E-state index in [-0.39, 0.29) is 0 Å². The lowest BCUT2D eigenvalue weighted by Gasteiger charge is -2.56. The van der Waals surface area contributed by atoms with Crippen molar-refractivity contribution in [3.8, 4) is 0 Å². The molecule has 16 heavy (non-hydrogen) atoms. The summed E-state index contributed by atoms with van der Waals surface area (Å²) in [6, 6.07) is 0. The first-order chi connectivity index (χ1) is 7.80. The molecule has 4 rings (SSSR count). The first kappa shape index (κ1) is 10.8. The highest BCUT2D eigenvalue weighted by Gasteiger charge is 2.51. The van der Waals surface area contributed by atoms with Crippen LogP contribution in [0.5, 0.6) is 0 Å². The third-order valence-electron chi connectivity index (χ3n) is 4.94. The normalized spacial score (nSPS) is 44.9. The van der Waals surface area contributed by atoms with E-state index in [4.69, 9.17) is 4.74 Å². The Morgan fingerprint density at radius 3 is 2.12 bits per heavy atom. The predicted molar refractivity (Wildman–Crippen MR) is 66.3 cm³/mol. The molecule has 0 N–H and O–H groups in total. The Balaban J connectivity index is 1.58. The Morgan fingerprint density at radius 1 is 1.06 bits per heavy atom. The maximum Gasteiger partial charge on any atom is 0.0690 e. The first-order valence-corrected chi connectivity index (χ1v) is 7.04. The average molecular weight is 220 g/mol. The van der Waals surface area contributed by atoms with Gasteiger partial charge >= 0.3 is 0 Å². The smallest absolute Gasteiger partial charge is 0.0690 e. The van der Waals surface area contributed by atoms with Crippen LogP contribution in [0, 0.1) is 17.8 Å². The van der Waals surface area contributed by atoms with Gasteiger partial charge in [0, 0.05) is 6.61 Å². The van der Waals surface area contributed by atoms with Crippen molar-refractivity contribution in [2.75, 3.05) is 6.61 Å². The Kier molecular flexibility index (Phi) is 2.83. The van der Waals surface area contributed by atoms with Gasteiger partial charge in [0.2, 0.25) is 0 Å². The molecule has 4 aliphatic rings. The van der Waals surface area contributed by atoms with Gasteiger partial charge in [-0.2, -0.15) is 0 Å². The van der Waals surface area contributed by atoms with Crippen molar-refractivity contribution in [3.05, 3.63) is 12.7 Å². The molecular formula is C15H24O. The fourth-order valence-electron chi connectivity index (χ4n) is 4.72. The van der Waals surface area contributed by atoms with Gasteiger partial charge in [-0.3, -0.25) is 0 Å². The highest BCUT2D eigenvalue weighted by molar-refractivity contribution is 5.03. The van der Waals surface area contributed by atoms with Crippen molar-refractivity contribution in [3.63, 3.8) is 0 Å². The summed E-state index contributed by atoms with van der Waals surface area (Å²) in [5.41, 5.74) is 0.315. The van der Waals surface area contributed by atoms with Crippen molar-refractivity contribution in [2.24, 2.45) is 17.8 Å². The van der Waals surface area contributed by atoms with E-state index in [0.717, 1.165) is 37.2 Å². The van der Waals surface area contributed by atoms with Gasteiger partial charge in [-0.25, -0.2) is 0 Å². The largest absolute Gasteiger partial charge is 0.375 e. The zero-order valence-corrected chi connectivity index (χ0v) is 10.3. The number of rotatable bonds is 5. The van der Waals surface area contributed by atoms with E-state index in [1.54, 1.807) is 0 Å². The first-order valence-electron chi connectivity index (χ1n) is 7.04. The van der Waals surface area contributed by atoms with Crippen LogP contribution >= 0.6 is 0 Å². The standard InChI is InChI=1S/C15H24O/c1-2-3-4-5-16-15-9-12-6-13(10-15)8-14(7-12)11-15/h2,12-14H,1,3-11H2. The van der Waals surface area contributed by atoms with Gasteiger partial charge < -0.3 is 4.74 Å². The second kappa shape index (κ2) is 4.18. The fourth-order valence-corrected chi connectivity index (χ4v) is 4.72. The van der Waals surface area contributed by atoms with E-state index in [1.165, 1.54) is 38.5 Å². The van der Waals surface area contributed by atoms with E-state index >= 15 is 0 Å². The van der Waals surface area contributed by atoms with Crippen molar-refractivity contribution in [2.45, 2.75) is 57.0 Å². The Morgan fingerprint density at radius 2 is 1.62 bits per heavy atom. The summed E-state index contributed by atoms with van der Waals surface area (Å²) < 4.78 is 6.30. The molecule has 0 aliphatic heterocycles. The molecule has 4 fully saturated rings. The van der Waals surface area contributed by atoms with Crippen LogP contribution in [-0.4, -0.2) is 12.2 Å². The third-order valence-corrected chi connectivity index (χ3v) is 4.94. The minimum atomic E-state index is 0.315. The van der Waals surface area contributed by atoms with Crippen LogP contribution in [0.2, 0.25) is 0 Å². The SMILES string of the molecule is C=CCCCOC12CC3CC(CC(C3)C1)C2. The van der Waals surface area contributed by atoms with E-state index in [1.807, 2.05) is 6.08 Å². The number of hydrogen-bond acceptors (Lipinski definition) is 1. The minimum Gasteiger partial charge on any atom is -0.375 e.